The number of hydrogen-bond acceptors (Lipinski definition) is 5. The van der Waals surface area contributed by atoms with Crippen molar-refractivity contribution < 1.29 is 9.53 Å². The van der Waals surface area contributed by atoms with E-state index in [9.17, 15) is 4.79 Å². The van der Waals surface area contributed by atoms with Crippen molar-refractivity contribution in [2.45, 2.75) is 19.4 Å². The Hall–Kier alpha value is -1.69. The summed E-state index contributed by atoms with van der Waals surface area (Å²) in [5.41, 5.74) is 0.367. The molecule has 1 unspecified atom stereocenters. The van der Waals surface area contributed by atoms with Gasteiger partial charge in [0.25, 0.3) is 5.91 Å². The summed E-state index contributed by atoms with van der Waals surface area (Å²) in [6.07, 6.45) is 3.97. The molecule has 2 rings (SSSR count). The normalized spacial score (nSPS) is 18.7. The van der Waals surface area contributed by atoms with Crippen LogP contribution in [0.2, 0.25) is 0 Å². The highest BCUT2D eigenvalue weighted by molar-refractivity contribution is 5.92. The van der Waals surface area contributed by atoms with Gasteiger partial charge in [0.1, 0.15) is 11.5 Å². The molecule has 0 saturated carbocycles. The van der Waals surface area contributed by atoms with Crippen LogP contribution >= 0.6 is 0 Å². The van der Waals surface area contributed by atoms with E-state index in [1.54, 1.807) is 18.1 Å². The number of nitrogens with one attached hydrogen (secondary N) is 1. The lowest BCUT2D eigenvalue weighted by atomic mass is 10.2. The Balaban J connectivity index is 2.03. The van der Waals surface area contributed by atoms with Crippen molar-refractivity contribution in [2.75, 3.05) is 32.1 Å². The third kappa shape index (κ3) is 2.76. The largest absolute Gasteiger partial charge is 0.379 e. The number of nitrogens with zero attached hydrogens (tertiary/aromatic N) is 3. The van der Waals surface area contributed by atoms with E-state index in [0.717, 1.165) is 13.0 Å². The molecule has 0 aliphatic carbocycles. The highest BCUT2D eigenvalue weighted by Crippen LogP contribution is 2.13. The second-order valence-electron chi connectivity index (χ2n) is 4.25. The van der Waals surface area contributed by atoms with Gasteiger partial charge in [-0.1, -0.05) is 0 Å². The fourth-order valence-electron chi connectivity index (χ4n) is 1.88. The molecule has 1 aromatic heterocycles. The van der Waals surface area contributed by atoms with E-state index < -0.39 is 0 Å². The van der Waals surface area contributed by atoms with Crippen molar-refractivity contribution in [1.29, 1.82) is 0 Å². The fraction of sp³-hybridized carbons (Fsp3) is 0.583. The molecule has 6 nitrogen and oxygen atoms in total. The second kappa shape index (κ2) is 5.77. The van der Waals surface area contributed by atoms with Crippen LogP contribution in [0.5, 0.6) is 0 Å². The second-order valence-corrected chi connectivity index (χ2v) is 4.25. The van der Waals surface area contributed by atoms with Gasteiger partial charge in [0.2, 0.25) is 0 Å². The molecule has 1 fully saturated rings. The molecule has 6 heteroatoms. The zero-order chi connectivity index (χ0) is 13.0. The van der Waals surface area contributed by atoms with Gasteiger partial charge in [-0.3, -0.25) is 4.79 Å². The van der Waals surface area contributed by atoms with Gasteiger partial charge in [-0.15, -0.1) is 0 Å². The van der Waals surface area contributed by atoms with Crippen LogP contribution in [0.3, 0.4) is 0 Å². The highest BCUT2D eigenvalue weighted by atomic mass is 16.5. The van der Waals surface area contributed by atoms with Gasteiger partial charge in [-0.25, -0.2) is 9.97 Å². The van der Waals surface area contributed by atoms with Crippen molar-refractivity contribution in [3.8, 4) is 0 Å². The fourth-order valence-corrected chi connectivity index (χ4v) is 1.88. The van der Waals surface area contributed by atoms with E-state index in [-0.39, 0.29) is 11.9 Å². The molecule has 0 spiro atoms. The first-order valence-electron chi connectivity index (χ1n) is 6.13. The number of ether oxygens (including phenoxy) is 1. The average Bonchev–Trinajstić information content (AvgIpc) is 2.92. The first kappa shape index (κ1) is 12.8. The smallest absolute Gasteiger partial charge is 0.274 e. The summed E-state index contributed by atoms with van der Waals surface area (Å²) in [4.78, 5) is 22.1. The van der Waals surface area contributed by atoms with Crippen molar-refractivity contribution >= 4 is 11.7 Å². The van der Waals surface area contributed by atoms with Crippen LogP contribution in [0.25, 0.3) is 0 Å². The third-order valence-electron chi connectivity index (χ3n) is 3.00. The number of aromatic nitrogens is 2. The van der Waals surface area contributed by atoms with Crippen molar-refractivity contribution in [2.24, 2.45) is 0 Å². The molecule has 0 bridgehead atoms. The summed E-state index contributed by atoms with van der Waals surface area (Å²) in [6.45, 7) is 4.08. The molecular weight excluding hydrogens is 232 g/mol. The number of hydrogen-bond donors (Lipinski definition) is 1. The first-order valence-corrected chi connectivity index (χ1v) is 6.13. The topological polar surface area (TPSA) is 67.4 Å². The quantitative estimate of drug-likeness (QED) is 0.855. The number of amides is 1. The van der Waals surface area contributed by atoms with Gasteiger partial charge in [0.15, 0.2) is 0 Å². The number of carbonyl (C=O) groups excluding carboxylic acids is 1. The first-order chi connectivity index (χ1) is 8.72. The van der Waals surface area contributed by atoms with Crippen LogP contribution < -0.4 is 5.32 Å². The summed E-state index contributed by atoms with van der Waals surface area (Å²) < 4.78 is 5.28. The molecule has 1 amide bonds. The molecule has 1 N–H and O–H groups in total. The van der Waals surface area contributed by atoms with Crippen molar-refractivity contribution in [3.05, 3.63) is 18.1 Å². The summed E-state index contributed by atoms with van der Waals surface area (Å²) in [6, 6.07) is 0.146. The van der Waals surface area contributed by atoms with Crippen LogP contribution in [-0.2, 0) is 4.74 Å². The molecule has 1 atom stereocenters. The molecule has 98 valence electrons. The van der Waals surface area contributed by atoms with Gasteiger partial charge in [0.05, 0.1) is 25.0 Å². The van der Waals surface area contributed by atoms with E-state index in [0.29, 0.717) is 24.7 Å². The molecule has 2 heterocycles. The lowest BCUT2D eigenvalue weighted by Gasteiger charge is -2.22. The predicted molar refractivity (Wildman–Crippen MR) is 67.5 cm³/mol. The lowest BCUT2D eigenvalue weighted by Crippen LogP contribution is -2.37. The zero-order valence-corrected chi connectivity index (χ0v) is 10.7. The molecule has 1 aliphatic rings. The maximum atomic E-state index is 12.1. The molecular formula is C12H18N4O2. The van der Waals surface area contributed by atoms with Crippen LogP contribution in [0.4, 0.5) is 5.82 Å². The Kier molecular flexibility index (Phi) is 4.09. The predicted octanol–water partition coefficient (Wildman–Crippen LogP) is 0.769. The summed E-state index contributed by atoms with van der Waals surface area (Å²) in [5.74, 6) is 0.571. The lowest BCUT2D eigenvalue weighted by molar-refractivity contribution is 0.0705. The minimum atomic E-state index is -0.110. The summed E-state index contributed by atoms with van der Waals surface area (Å²) in [7, 11) is 1.78. The van der Waals surface area contributed by atoms with Gasteiger partial charge >= 0.3 is 0 Å². The van der Waals surface area contributed by atoms with Crippen LogP contribution in [0, 0.1) is 0 Å². The molecule has 1 saturated heterocycles. The van der Waals surface area contributed by atoms with Crippen molar-refractivity contribution in [3.63, 3.8) is 0 Å². The maximum absolute atomic E-state index is 12.1. The van der Waals surface area contributed by atoms with E-state index in [4.69, 9.17) is 4.74 Å². The monoisotopic (exact) mass is 250 g/mol. The van der Waals surface area contributed by atoms with E-state index in [1.165, 1.54) is 6.20 Å². The minimum Gasteiger partial charge on any atom is -0.379 e. The Labute approximate surface area is 106 Å². The minimum absolute atomic E-state index is 0.110. The zero-order valence-electron chi connectivity index (χ0n) is 10.7. The summed E-state index contributed by atoms with van der Waals surface area (Å²) >= 11 is 0. The van der Waals surface area contributed by atoms with Crippen LogP contribution in [0.1, 0.15) is 23.8 Å². The average molecular weight is 250 g/mol. The van der Waals surface area contributed by atoms with E-state index in [2.05, 4.69) is 15.3 Å². The molecule has 0 radical (unpaired) electrons. The van der Waals surface area contributed by atoms with Gasteiger partial charge in [0, 0.05) is 20.2 Å². The number of likely N-dealkylation sites (N-methyl/N-ethyl adjacent to an activating group) is 1. The summed E-state index contributed by atoms with van der Waals surface area (Å²) in [5, 5.41) is 3.04. The van der Waals surface area contributed by atoms with Gasteiger partial charge in [-0.2, -0.15) is 0 Å². The Morgan fingerprint density at radius 3 is 2.94 bits per heavy atom. The Morgan fingerprint density at radius 1 is 1.56 bits per heavy atom. The van der Waals surface area contributed by atoms with Crippen LogP contribution in [-0.4, -0.2) is 53.6 Å². The Bertz CT molecular complexity index is 401. The van der Waals surface area contributed by atoms with E-state index >= 15 is 0 Å². The molecule has 0 aromatic carbocycles. The molecule has 18 heavy (non-hydrogen) atoms. The Morgan fingerprint density at radius 2 is 2.39 bits per heavy atom. The third-order valence-corrected chi connectivity index (χ3v) is 3.00. The van der Waals surface area contributed by atoms with Gasteiger partial charge in [-0.05, 0) is 13.3 Å². The SMILES string of the molecule is CCNc1cnc(C(=O)N(C)C2CCOC2)cn1. The van der Waals surface area contributed by atoms with Crippen LogP contribution in [0.15, 0.2) is 12.4 Å². The van der Waals surface area contributed by atoms with Gasteiger partial charge < -0.3 is 15.0 Å². The van der Waals surface area contributed by atoms with Crippen molar-refractivity contribution in [1.82, 2.24) is 14.9 Å². The molecule has 1 aliphatic heterocycles. The molecule has 1 aromatic rings. The number of rotatable bonds is 4. The standard InChI is InChI=1S/C12H18N4O2/c1-3-13-11-7-14-10(6-15-11)12(17)16(2)9-4-5-18-8-9/h6-7,9H,3-5,8H2,1-2H3,(H,13,15). The number of anilines is 1. The van der Waals surface area contributed by atoms with E-state index in [1.807, 2.05) is 6.92 Å². The highest BCUT2D eigenvalue weighted by Gasteiger charge is 2.25. The maximum Gasteiger partial charge on any atom is 0.274 e. The number of carbonyl (C=O) groups is 1.